The number of hydrogen-bond donors (Lipinski definition) is 1. The molecule has 0 radical (unpaired) electrons. The minimum atomic E-state index is 0.157. The van der Waals surface area contributed by atoms with E-state index in [4.69, 9.17) is 4.42 Å². The quantitative estimate of drug-likeness (QED) is 0.891. The van der Waals surface area contributed by atoms with E-state index in [0.29, 0.717) is 0 Å². The Kier molecular flexibility index (Phi) is 2.96. The van der Waals surface area contributed by atoms with Gasteiger partial charge in [-0.25, -0.2) is 0 Å². The van der Waals surface area contributed by atoms with Gasteiger partial charge in [-0.05, 0) is 62.1 Å². The molecule has 0 bridgehead atoms. The highest BCUT2D eigenvalue weighted by molar-refractivity contribution is 5.38. The molecule has 2 nitrogen and oxygen atoms in total. The molecule has 0 amide bonds. The molecular formula is C16H19NO. The highest BCUT2D eigenvalue weighted by Crippen LogP contribution is 2.29. The molecule has 1 aromatic carbocycles. The zero-order valence-corrected chi connectivity index (χ0v) is 11.0. The molecule has 0 saturated heterocycles. The van der Waals surface area contributed by atoms with Crippen molar-refractivity contribution in [1.29, 1.82) is 0 Å². The first-order valence-corrected chi connectivity index (χ1v) is 6.63. The average Bonchev–Trinajstić information content (AvgIpc) is 2.99. The van der Waals surface area contributed by atoms with Gasteiger partial charge in [-0.2, -0.15) is 0 Å². The van der Waals surface area contributed by atoms with E-state index in [9.17, 15) is 0 Å². The minimum Gasteiger partial charge on any atom is -0.464 e. The van der Waals surface area contributed by atoms with Gasteiger partial charge in [0.25, 0.3) is 0 Å². The SMILES string of the molecule is CNC(c1ccc2c(c1)CCC2)c1ccc(C)o1. The molecule has 1 aliphatic carbocycles. The van der Waals surface area contributed by atoms with E-state index in [-0.39, 0.29) is 6.04 Å². The number of hydrogen-bond acceptors (Lipinski definition) is 2. The summed E-state index contributed by atoms with van der Waals surface area (Å²) in [5.74, 6) is 1.96. The third-order valence-corrected chi connectivity index (χ3v) is 3.79. The molecule has 1 atom stereocenters. The Bertz CT molecular complexity index is 556. The van der Waals surface area contributed by atoms with Crippen LogP contribution < -0.4 is 5.32 Å². The van der Waals surface area contributed by atoms with Crippen LogP contribution >= 0.6 is 0 Å². The summed E-state index contributed by atoms with van der Waals surface area (Å²) >= 11 is 0. The van der Waals surface area contributed by atoms with Crippen molar-refractivity contribution in [1.82, 2.24) is 5.32 Å². The van der Waals surface area contributed by atoms with Crippen LogP contribution in [-0.2, 0) is 12.8 Å². The maximum Gasteiger partial charge on any atom is 0.125 e. The molecule has 2 aromatic rings. The lowest BCUT2D eigenvalue weighted by Gasteiger charge is -2.15. The predicted octanol–water partition coefficient (Wildman–Crippen LogP) is 3.39. The largest absolute Gasteiger partial charge is 0.464 e. The standard InChI is InChI=1S/C16H19NO/c1-11-6-9-15(18-11)16(17-2)14-8-7-12-4-3-5-13(12)10-14/h6-10,16-17H,3-5H2,1-2H3. The van der Waals surface area contributed by atoms with Crippen molar-refractivity contribution >= 4 is 0 Å². The van der Waals surface area contributed by atoms with Crippen LogP contribution in [0.5, 0.6) is 0 Å². The van der Waals surface area contributed by atoms with Crippen LogP contribution in [0.25, 0.3) is 0 Å². The van der Waals surface area contributed by atoms with Gasteiger partial charge in [0.05, 0.1) is 6.04 Å². The Morgan fingerprint density at radius 3 is 2.67 bits per heavy atom. The summed E-state index contributed by atoms with van der Waals surface area (Å²) in [6, 6.07) is 11.1. The predicted molar refractivity (Wildman–Crippen MR) is 72.8 cm³/mol. The summed E-state index contributed by atoms with van der Waals surface area (Å²) in [6.45, 7) is 1.99. The van der Waals surface area contributed by atoms with Crippen molar-refractivity contribution in [3.8, 4) is 0 Å². The van der Waals surface area contributed by atoms with E-state index >= 15 is 0 Å². The monoisotopic (exact) mass is 241 g/mol. The van der Waals surface area contributed by atoms with Crippen LogP contribution in [-0.4, -0.2) is 7.05 Å². The second-order valence-corrected chi connectivity index (χ2v) is 5.05. The van der Waals surface area contributed by atoms with Gasteiger partial charge in [-0.1, -0.05) is 18.2 Å². The fourth-order valence-corrected chi connectivity index (χ4v) is 2.85. The molecule has 1 aliphatic rings. The number of rotatable bonds is 3. The van der Waals surface area contributed by atoms with Crippen molar-refractivity contribution < 1.29 is 4.42 Å². The summed E-state index contributed by atoms with van der Waals surface area (Å²) in [4.78, 5) is 0. The molecule has 1 N–H and O–H groups in total. The molecule has 1 aromatic heterocycles. The van der Waals surface area contributed by atoms with Gasteiger partial charge in [0.2, 0.25) is 0 Å². The van der Waals surface area contributed by atoms with E-state index in [1.807, 2.05) is 20.0 Å². The smallest absolute Gasteiger partial charge is 0.125 e. The summed E-state index contributed by atoms with van der Waals surface area (Å²) < 4.78 is 5.75. The normalized spacial score (nSPS) is 15.7. The lowest BCUT2D eigenvalue weighted by molar-refractivity contribution is 0.444. The van der Waals surface area contributed by atoms with Gasteiger partial charge in [0.15, 0.2) is 0 Å². The molecule has 94 valence electrons. The number of aryl methyl sites for hydroxylation is 3. The zero-order chi connectivity index (χ0) is 12.5. The van der Waals surface area contributed by atoms with Crippen LogP contribution in [0.3, 0.4) is 0 Å². The number of benzene rings is 1. The van der Waals surface area contributed by atoms with Gasteiger partial charge < -0.3 is 9.73 Å². The van der Waals surface area contributed by atoms with Gasteiger partial charge in [0.1, 0.15) is 11.5 Å². The Balaban J connectivity index is 1.96. The fourth-order valence-electron chi connectivity index (χ4n) is 2.85. The molecular weight excluding hydrogens is 222 g/mol. The van der Waals surface area contributed by atoms with Gasteiger partial charge >= 0.3 is 0 Å². The molecule has 0 spiro atoms. The van der Waals surface area contributed by atoms with E-state index in [1.54, 1.807) is 0 Å². The molecule has 18 heavy (non-hydrogen) atoms. The Hall–Kier alpha value is -1.54. The molecule has 0 fully saturated rings. The van der Waals surface area contributed by atoms with Gasteiger partial charge in [-0.3, -0.25) is 0 Å². The summed E-state index contributed by atoms with van der Waals surface area (Å²) in [5.41, 5.74) is 4.33. The molecule has 2 heteroatoms. The minimum absolute atomic E-state index is 0.157. The average molecular weight is 241 g/mol. The number of furan rings is 1. The lowest BCUT2D eigenvalue weighted by Crippen LogP contribution is -2.17. The van der Waals surface area contributed by atoms with Gasteiger partial charge in [0, 0.05) is 0 Å². The zero-order valence-electron chi connectivity index (χ0n) is 11.0. The first-order chi connectivity index (χ1) is 8.78. The first-order valence-electron chi connectivity index (χ1n) is 6.63. The maximum absolute atomic E-state index is 5.75. The first kappa shape index (κ1) is 11.5. The molecule has 0 aliphatic heterocycles. The Labute approximate surface area is 108 Å². The van der Waals surface area contributed by atoms with Crippen molar-refractivity contribution in [3.05, 3.63) is 58.5 Å². The second-order valence-electron chi connectivity index (χ2n) is 5.05. The van der Waals surface area contributed by atoms with Crippen molar-refractivity contribution in [2.45, 2.75) is 32.2 Å². The third-order valence-electron chi connectivity index (χ3n) is 3.79. The molecule has 1 unspecified atom stereocenters. The van der Waals surface area contributed by atoms with Gasteiger partial charge in [-0.15, -0.1) is 0 Å². The van der Waals surface area contributed by atoms with Crippen LogP contribution in [0.1, 0.15) is 40.7 Å². The number of fused-ring (bicyclic) bond motifs is 1. The summed E-state index contributed by atoms with van der Waals surface area (Å²) in [5, 5.41) is 3.35. The maximum atomic E-state index is 5.75. The number of nitrogens with one attached hydrogen (secondary N) is 1. The summed E-state index contributed by atoms with van der Waals surface area (Å²) in [7, 11) is 1.98. The highest BCUT2D eigenvalue weighted by atomic mass is 16.3. The fraction of sp³-hybridized carbons (Fsp3) is 0.375. The van der Waals surface area contributed by atoms with Crippen molar-refractivity contribution in [3.63, 3.8) is 0 Å². The van der Waals surface area contributed by atoms with Crippen molar-refractivity contribution in [2.75, 3.05) is 7.05 Å². The summed E-state index contributed by atoms with van der Waals surface area (Å²) in [6.07, 6.45) is 3.75. The third kappa shape index (κ3) is 1.97. The van der Waals surface area contributed by atoms with E-state index in [0.717, 1.165) is 11.5 Å². The van der Waals surface area contributed by atoms with E-state index < -0.39 is 0 Å². The molecule has 3 rings (SSSR count). The van der Waals surface area contributed by atoms with Crippen LogP contribution in [0.15, 0.2) is 34.7 Å². The highest BCUT2D eigenvalue weighted by Gasteiger charge is 2.18. The molecule has 0 saturated carbocycles. The van der Waals surface area contributed by atoms with E-state index in [1.165, 1.54) is 36.0 Å². The molecule has 1 heterocycles. The van der Waals surface area contributed by atoms with Crippen LogP contribution in [0.4, 0.5) is 0 Å². The van der Waals surface area contributed by atoms with Crippen molar-refractivity contribution in [2.24, 2.45) is 0 Å². The lowest BCUT2D eigenvalue weighted by atomic mass is 10.00. The Morgan fingerprint density at radius 2 is 1.94 bits per heavy atom. The topological polar surface area (TPSA) is 25.2 Å². The van der Waals surface area contributed by atoms with Crippen LogP contribution in [0.2, 0.25) is 0 Å². The second kappa shape index (κ2) is 4.62. The van der Waals surface area contributed by atoms with Crippen LogP contribution in [0, 0.1) is 6.92 Å². The Morgan fingerprint density at radius 1 is 1.11 bits per heavy atom. The van der Waals surface area contributed by atoms with E-state index in [2.05, 4.69) is 29.6 Å².